The van der Waals surface area contributed by atoms with Crippen molar-refractivity contribution in [3.63, 3.8) is 0 Å². The van der Waals surface area contributed by atoms with Gasteiger partial charge in [0.2, 0.25) is 0 Å². The Hall–Kier alpha value is -2.57. The van der Waals surface area contributed by atoms with E-state index in [9.17, 15) is 9.90 Å². The lowest BCUT2D eigenvalue weighted by Gasteiger charge is -2.38. The fraction of sp³-hybridized carbons (Fsp3) is 0.300. The van der Waals surface area contributed by atoms with E-state index in [-0.39, 0.29) is 5.25 Å². The lowest BCUT2D eigenvalue weighted by Crippen LogP contribution is -2.60. The van der Waals surface area contributed by atoms with Gasteiger partial charge in [-0.25, -0.2) is 4.79 Å². The Balaban J connectivity index is 1.44. The van der Waals surface area contributed by atoms with E-state index >= 15 is 0 Å². The van der Waals surface area contributed by atoms with Gasteiger partial charge in [0.15, 0.2) is 6.29 Å². The van der Waals surface area contributed by atoms with E-state index < -0.39 is 30.6 Å². The normalized spacial score (nSPS) is 28.4. The average molecular weight is 397 g/mol. The molecule has 28 heavy (non-hydrogen) atoms. The summed E-state index contributed by atoms with van der Waals surface area (Å²) in [6.45, 7) is 0.308. The van der Waals surface area contributed by atoms with Gasteiger partial charge in [0.1, 0.15) is 6.10 Å². The molecule has 3 N–H and O–H groups in total. The van der Waals surface area contributed by atoms with Crippen molar-refractivity contribution in [3.05, 3.63) is 60.2 Å². The third kappa shape index (κ3) is 3.98. The molecule has 2 fully saturated rings. The lowest BCUT2D eigenvalue weighted by atomic mass is 10.00. The number of aliphatic hydroxyl groups is 1. The Morgan fingerprint density at radius 2 is 2.04 bits per heavy atom. The average Bonchev–Trinajstić information content (AvgIpc) is 3.16. The zero-order valence-corrected chi connectivity index (χ0v) is 15.6. The highest BCUT2D eigenvalue weighted by Crippen LogP contribution is 2.38. The summed E-state index contributed by atoms with van der Waals surface area (Å²) < 4.78 is 11.5. The summed E-state index contributed by atoms with van der Waals surface area (Å²) in [7, 11) is 0. The first-order valence-corrected chi connectivity index (χ1v) is 9.76. The molecule has 2 heterocycles. The quantitative estimate of drug-likeness (QED) is 0.732. The first kappa shape index (κ1) is 18.8. The van der Waals surface area contributed by atoms with E-state index in [0.29, 0.717) is 17.9 Å². The van der Waals surface area contributed by atoms with Crippen molar-refractivity contribution in [2.24, 2.45) is 0 Å². The number of nitrogens with one attached hydrogen (secondary N) is 2. The van der Waals surface area contributed by atoms with Gasteiger partial charge in [0.05, 0.1) is 35.6 Å². The minimum atomic E-state index is -0.840. The van der Waals surface area contributed by atoms with E-state index in [0.717, 1.165) is 4.90 Å². The third-order valence-electron chi connectivity index (χ3n) is 4.67. The molecule has 2 aliphatic rings. The number of nitrogens with zero attached hydrogens (tertiary/aromatic N) is 1. The molecule has 2 saturated heterocycles. The summed E-state index contributed by atoms with van der Waals surface area (Å²) >= 11 is 1.46. The van der Waals surface area contributed by atoms with Crippen LogP contribution in [0.2, 0.25) is 0 Å². The molecule has 7 nitrogen and oxygen atoms in total. The summed E-state index contributed by atoms with van der Waals surface area (Å²) in [4.78, 5) is 13.4. The van der Waals surface area contributed by atoms with Crippen LogP contribution in [0.5, 0.6) is 0 Å². The molecular weight excluding hydrogens is 378 g/mol. The Morgan fingerprint density at radius 1 is 1.21 bits per heavy atom. The van der Waals surface area contributed by atoms with Crippen LogP contribution in [0, 0.1) is 11.3 Å². The monoisotopic (exact) mass is 397 g/mol. The van der Waals surface area contributed by atoms with E-state index in [1.807, 2.05) is 36.4 Å². The lowest BCUT2D eigenvalue weighted by molar-refractivity contribution is -0.121. The molecule has 2 bridgehead atoms. The molecule has 2 amide bonds. The van der Waals surface area contributed by atoms with Crippen molar-refractivity contribution in [2.45, 2.75) is 34.7 Å². The molecule has 8 heteroatoms. The topological polar surface area (TPSA) is 104 Å². The molecule has 0 aromatic heterocycles. The van der Waals surface area contributed by atoms with Crippen LogP contribution in [0.15, 0.2) is 59.5 Å². The third-order valence-corrected chi connectivity index (χ3v) is 5.99. The predicted molar refractivity (Wildman–Crippen MR) is 104 cm³/mol. The van der Waals surface area contributed by atoms with Crippen LogP contribution in [0.3, 0.4) is 0 Å². The van der Waals surface area contributed by atoms with Gasteiger partial charge in [-0.15, -0.1) is 11.8 Å². The maximum atomic E-state index is 12.4. The standard InChI is InChI=1S/C20H19N3O4S/c21-10-12-5-4-6-13(9-12)22-20(25)23-16-15-11-26-19(27-15)18(17(16)24)28-14-7-2-1-3-8-14/h1-9,15-19,24H,11H2,(H2,22,23,25)/t15-,16+,17-,18-,19+/m0/s1. The number of hydrogen-bond donors (Lipinski definition) is 3. The number of anilines is 1. The van der Waals surface area contributed by atoms with Crippen LogP contribution in [0.1, 0.15) is 5.56 Å². The molecule has 0 unspecified atom stereocenters. The second-order valence-electron chi connectivity index (χ2n) is 6.58. The van der Waals surface area contributed by atoms with Crippen LogP contribution in [0.4, 0.5) is 10.5 Å². The number of aliphatic hydroxyl groups excluding tert-OH is 1. The number of rotatable bonds is 4. The predicted octanol–water partition coefficient (Wildman–Crippen LogP) is 2.33. The van der Waals surface area contributed by atoms with Crippen LogP contribution < -0.4 is 10.6 Å². The highest BCUT2D eigenvalue weighted by Gasteiger charge is 2.51. The Bertz CT molecular complexity index is 889. The minimum Gasteiger partial charge on any atom is -0.389 e. The van der Waals surface area contributed by atoms with Crippen molar-refractivity contribution in [3.8, 4) is 6.07 Å². The molecule has 2 aliphatic heterocycles. The number of benzene rings is 2. The number of nitriles is 1. The SMILES string of the molecule is N#Cc1cccc(NC(=O)N[C@H]2[C@H](O)[C@H](Sc3ccccc3)[C@@H]3OC[C@@H]2O3)c1. The summed E-state index contributed by atoms with van der Waals surface area (Å²) in [5.74, 6) is 0. The second-order valence-corrected chi connectivity index (χ2v) is 7.83. The van der Waals surface area contributed by atoms with Crippen molar-refractivity contribution in [1.29, 1.82) is 5.26 Å². The second kappa shape index (κ2) is 8.20. The summed E-state index contributed by atoms with van der Waals surface area (Å²) in [6, 6.07) is 17.2. The van der Waals surface area contributed by atoms with Crippen LogP contribution in [-0.4, -0.2) is 47.5 Å². The smallest absolute Gasteiger partial charge is 0.319 e. The number of hydrogen-bond acceptors (Lipinski definition) is 6. The number of ether oxygens (including phenoxy) is 2. The minimum absolute atomic E-state index is 0.308. The van der Waals surface area contributed by atoms with Gasteiger partial charge in [-0.1, -0.05) is 24.3 Å². The zero-order valence-electron chi connectivity index (χ0n) is 14.8. The number of thioether (sulfide) groups is 1. The van der Waals surface area contributed by atoms with Crippen molar-refractivity contribution in [1.82, 2.24) is 5.32 Å². The number of carbonyl (C=O) groups excluding carboxylic acids is 1. The number of amides is 2. The first-order chi connectivity index (χ1) is 13.6. The molecule has 0 aliphatic carbocycles. The van der Waals surface area contributed by atoms with E-state index in [2.05, 4.69) is 10.6 Å². The molecular formula is C20H19N3O4S. The highest BCUT2D eigenvalue weighted by molar-refractivity contribution is 8.00. The summed E-state index contributed by atoms with van der Waals surface area (Å²) in [6.07, 6.45) is -1.77. The maximum Gasteiger partial charge on any atom is 0.319 e. The number of urea groups is 1. The van der Waals surface area contributed by atoms with Crippen LogP contribution in [-0.2, 0) is 9.47 Å². The molecule has 0 spiro atoms. The van der Waals surface area contributed by atoms with E-state index in [1.165, 1.54) is 11.8 Å². The van der Waals surface area contributed by atoms with E-state index in [4.69, 9.17) is 14.7 Å². The van der Waals surface area contributed by atoms with Crippen LogP contribution >= 0.6 is 11.8 Å². The van der Waals surface area contributed by atoms with Gasteiger partial charge in [0, 0.05) is 10.6 Å². The number of fused-ring (bicyclic) bond motifs is 2. The van der Waals surface area contributed by atoms with Crippen molar-refractivity contribution >= 4 is 23.5 Å². The first-order valence-electron chi connectivity index (χ1n) is 8.88. The number of carbonyl (C=O) groups is 1. The summed E-state index contributed by atoms with van der Waals surface area (Å²) in [5, 5.41) is 25.0. The van der Waals surface area contributed by atoms with Crippen LogP contribution in [0.25, 0.3) is 0 Å². The fourth-order valence-corrected chi connectivity index (χ4v) is 4.52. The molecule has 4 rings (SSSR count). The Labute approximate surface area is 166 Å². The maximum absolute atomic E-state index is 12.4. The molecule has 5 atom stereocenters. The Kier molecular flexibility index (Phi) is 5.50. The van der Waals surface area contributed by atoms with Gasteiger partial charge in [-0.05, 0) is 30.3 Å². The van der Waals surface area contributed by atoms with Crippen molar-refractivity contribution in [2.75, 3.05) is 11.9 Å². The highest BCUT2D eigenvalue weighted by atomic mass is 32.2. The molecule has 144 valence electrons. The zero-order chi connectivity index (χ0) is 19.5. The molecule has 0 radical (unpaired) electrons. The van der Waals surface area contributed by atoms with Gasteiger partial charge in [0.25, 0.3) is 0 Å². The van der Waals surface area contributed by atoms with Crippen molar-refractivity contribution < 1.29 is 19.4 Å². The largest absolute Gasteiger partial charge is 0.389 e. The Morgan fingerprint density at radius 3 is 2.82 bits per heavy atom. The molecule has 2 aromatic carbocycles. The molecule has 2 aromatic rings. The van der Waals surface area contributed by atoms with Gasteiger partial charge >= 0.3 is 6.03 Å². The van der Waals surface area contributed by atoms with Gasteiger partial charge in [-0.3, -0.25) is 0 Å². The summed E-state index contributed by atoms with van der Waals surface area (Å²) in [5.41, 5.74) is 0.948. The van der Waals surface area contributed by atoms with Gasteiger partial charge in [-0.2, -0.15) is 5.26 Å². The van der Waals surface area contributed by atoms with Gasteiger partial charge < -0.3 is 25.2 Å². The van der Waals surface area contributed by atoms with E-state index in [1.54, 1.807) is 24.3 Å². The molecule has 0 saturated carbocycles. The fourth-order valence-electron chi connectivity index (χ4n) is 3.33.